The zero-order chi connectivity index (χ0) is 13.1. The van der Waals surface area contributed by atoms with Gasteiger partial charge in [-0.15, -0.1) is 0 Å². The van der Waals surface area contributed by atoms with E-state index in [9.17, 15) is 4.79 Å². The summed E-state index contributed by atoms with van der Waals surface area (Å²) < 4.78 is 0. The summed E-state index contributed by atoms with van der Waals surface area (Å²) in [4.78, 5) is 16.0. The van der Waals surface area contributed by atoms with Crippen molar-refractivity contribution >= 4 is 29.3 Å². The van der Waals surface area contributed by atoms with Crippen molar-refractivity contribution in [3.8, 4) is 0 Å². The number of nitrogens with zero attached hydrogens (tertiary/aromatic N) is 1. The van der Waals surface area contributed by atoms with Crippen LogP contribution >= 0.6 is 23.4 Å². The molecule has 5 heteroatoms. The van der Waals surface area contributed by atoms with E-state index in [1.807, 2.05) is 24.3 Å². The average Bonchev–Trinajstić information content (AvgIpc) is 2.32. The van der Waals surface area contributed by atoms with E-state index < -0.39 is 5.97 Å². The fourth-order valence-corrected chi connectivity index (χ4v) is 2.57. The molecule has 1 aromatic heterocycles. The van der Waals surface area contributed by atoms with Crippen LogP contribution in [0.5, 0.6) is 0 Å². The zero-order valence-corrected chi connectivity index (χ0v) is 11.1. The molecule has 0 bridgehead atoms. The highest BCUT2D eigenvalue weighted by Gasteiger charge is 2.10. The van der Waals surface area contributed by atoms with E-state index in [-0.39, 0.29) is 5.56 Å². The summed E-state index contributed by atoms with van der Waals surface area (Å²) in [5, 5.41) is 10.3. The first-order chi connectivity index (χ1) is 8.58. The van der Waals surface area contributed by atoms with Crippen LogP contribution in [0.25, 0.3) is 0 Å². The lowest BCUT2D eigenvalue weighted by atomic mass is 10.2. The molecule has 0 saturated heterocycles. The van der Waals surface area contributed by atoms with E-state index in [0.717, 1.165) is 9.92 Å². The Morgan fingerprint density at radius 3 is 2.61 bits per heavy atom. The van der Waals surface area contributed by atoms with Crippen LogP contribution in [0.1, 0.15) is 16.1 Å². The zero-order valence-electron chi connectivity index (χ0n) is 9.55. The number of aryl methyl sites for hydroxylation is 1. The molecule has 1 heterocycles. The van der Waals surface area contributed by atoms with Crippen LogP contribution in [-0.2, 0) is 0 Å². The Morgan fingerprint density at radius 1 is 1.28 bits per heavy atom. The van der Waals surface area contributed by atoms with E-state index in [1.165, 1.54) is 11.8 Å². The van der Waals surface area contributed by atoms with Gasteiger partial charge in [0.15, 0.2) is 0 Å². The van der Waals surface area contributed by atoms with E-state index in [4.69, 9.17) is 16.7 Å². The lowest BCUT2D eigenvalue weighted by Gasteiger charge is -2.05. The first-order valence-corrected chi connectivity index (χ1v) is 6.40. The molecule has 0 atom stereocenters. The molecular formula is C13H10ClNO2S. The Hall–Kier alpha value is -1.52. The van der Waals surface area contributed by atoms with Crippen molar-refractivity contribution in [2.24, 2.45) is 0 Å². The van der Waals surface area contributed by atoms with Gasteiger partial charge in [-0.1, -0.05) is 35.5 Å². The van der Waals surface area contributed by atoms with Crippen LogP contribution in [0, 0.1) is 6.92 Å². The van der Waals surface area contributed by atoms with Crippen molar-refractivity contribution in [1.82, 2.24) is 4.98 Å². The topological polar surface area (TPSA) is 50.2 Å². The lowest BCUT2D eigenvalue weighted by molar-refractivity contribution is 0.0695. The molecule has 0 aliphatic carbocycles. The normalized spacial score (nSPS) is 10.3. The second-order valence-corrected chi connectivity index (χ2v) is 5.09. The molecule has 0 aliphatic rings. The number of hydrogen-bond acceptors (Lipinski definition) is 3. The van der Waals surface area contributed by atoms with Crippen LogP contribution in [0.3, 0.4) is 0 Å². The monoisotopic (exact) mass is 279 g/mol. The lowest BCUT2D eigenvalue weighted by Crippen LogP contribution is -2.01. The van der Waals surface area contributed by atoms with Crippen LogP contribution in [0.15, 0.2) is 46.3 Å². The largest absolute Gasteiger partial charge is 0.478 e. The molecule has 1 aromatic carbocycles. The third kappa shape index (κ3) is 2.83. The summed E-state index contributed by atoms with van der Waals surface area (Å²) in [6.07, 6.45) is 0. The molecule has 2 rings (SSSR count). The first-order valence-electron chi connectivity index (χ1n) is 5.21. The number of pyridine rings is 1. The second kappa shape index (κ2) is 5.42. The average molecular weight is 280 g/mol. The van der Waals surface area contributed by atoms with Gasteiger partial charge in [-0.05, 0) is 31.2 Å². The maximum absolute atomic E-state index is 10.9. The predicted molar refractivity (Wildman–Crippen MR) is 71.5 cm³/mol. The molecule has 1 N–H and O–H groups in total. The van der Waals surface area contributed by atoms with Gasteiger partial charge in [0.2, 0.25) is 0 Å². The molecule has 3 nitrogen and oxygen atoms in total. The predicted octanol–water partition coefficient (Wildman–Crippen LogP) is 3.89. The van der Waals surface area contributed by atoms with Crippen LogP contribution in [0.4, 0.5) is 0 Å². The van der Waals surface area contributed by atoms with Gasteiger partial charge < -0.3 is 5.11 Å². The minimum Gasteiger partial charge on any atom is -0.478 e. The van der Waals surface area contributed by atoms with Crippen LogP contribution in [0.2, 0.25) is 5.02 Å². The van der Waals surface area contributed by atoms with Crippen LogP contribution < -0.4 is 0 Å². The summed E-state index contributed by atoms with van der Waals surface area (Å²) in [5.41, 5.74) is 0.720. The number of carboxylic acid groups (broad SMARTS) is 1. The molecule has 0 unspecified atom stereocenters. The number of aromatic carboxylic acids is 1. The SMILES string of the molecule is Cc1nc(Sc2ccccc2Cl)ccc1C(=O)O. The molecule has 92 valence electrons. The highest BCUT2D eigenvalue weighted by Crippen LogP contribution is 2.32. The standard InChI is InChI=1S/C13H10ClNO2S/c1-8-9(13(16)17)6-7-12(15-8)18-11-5-3-2-4-10(11)14/h2-7H,1H3,(H,16,17). The first kappa shape index (κ1) is 12.9. The van der Waals surface area contributed by atoms with Crippen molar-refractivity contribution < 1.29 is 9.90 Å². The molecule has 0 radical (unpaired) electrons. The molecule has 0 fully saturated rings. The van der Waals surface area contributed by atoms with Gasteiger partial charge in [0, 0.05) is 4.90 Å². The third-order valence-electron chi connectivity index (χ3n) is 2.34. The highest BCUT2D eigenvalue weighted by molar-refractivity contribution is 7.99. The Morgan fingerprint density at radius 2 is 2.00 bits per heavy atom. The molecule has 0 aliphatic heterocycles. The summed E-state index contributed by atoms with van der Waals surface area (Å²) in [6.45, 7) is 1.68. The number of benzene rings is 1. The minimum atomic E-state index is -0.964. The molecule has 2 aromatic rings. The molecule has 0 saturated carbocycles. The number of aromatic nitrogens is 1. The Kier molecular flexibility index (Phi) is 3.89. The fraction of sp³-hybridized carbons (Fsp3) is 0.0769. The molecular weight excluding hydrogens is 270 g/mol. The van der Waals surface area contributed by atoms with E-state index in [2.05, 4.69) is 4.98 Å². The van der Waals surface area contributed by atoms with Crippen molar-refractivity contribution in [1.29, 1.82) is 0 Å². The summed E-state index contributed by atoms with van der Waals surface area (Å²) in [7, 11) is 0. The van der Waals surface area contributed by atoms with Gasteiger partial charge in [0.05, 0.1) is 16.3 Å². The number of rotatable bonds is 3. The van der Waals surface area contributed by atoms with Gasteiger partial charge in [-0.25, -0.2) is 9.78 Å². The van der Waals surface area contributed by atoms with E-state index in [0.29, 0.717) is 10.7 Å². The third-order valence-corrected chi connectivity index (χ3v) is 3.80. The van der Waals surface area contributed by atoms with Gasteiger partial charge in [0.25, 0.3) is 0 Å². The Balaban J connectivity index is 2.29. The molecule has 18 heavy (non-hydrogen) atoms. The van der Waals surface area contributed by atoms with Gasteiger partial charge in [-0.2, -0.15) is 0 Å². The van der Waals surface area contributed by atoms with E-state index >= 15 is 0 Å². The number of carboxylic acids is 1. The number of hydrogen-bond donors (Lipinski definition) is 1. The van der Waals surface area contributed by atoms with Crippen molar-refractivity contribution in [3.05, 3.63) is 52.7 Å². The van der Waals surface area contributed by atoms with Gasteiger partial charge >= 0.3 is 5.97 Å². The van der Waals surface area contributed by atoms with E-state index in [1.54, 1.807) is 19.1 Å². The van der Waals surface area contributed by atoms with Crippen molar-refractivity contribution in [2.75, 3.05) is 0 Å². The summed E-state index contributed by atoms with van der Waals surface area (Å²) in [6, 6.07) is 10.7. The van der Waals surface area contributed by atoms with Gasteiger partial charge in [-0.3, -0.25) is 0 Å². The quantitative estimate of drug-likeness (QED) is 0.926. The van der Waals surface area contributed by atoms with Gasteiger partial charge in [0.1, 0.15) is 5.03 Å². The number of carbonyl (C=O) groups is 1. The van der Waals surface area contributed by atoms with Crippen molar-refractivity contribution in [2.45, 2.75) is 16.8 Å². The summed E-state index contributed by atoms with van der Waals surface area (Å²) >= 11 is 7.47. The Labute approximate surface area is 114 Å². The second-order valence-electron chi connectivity index (χ2n) is 3.62. The smallest absolute Gasteiger partial charge is 0.337 e. The number of halogens is 1. The summed E-state index contributed by atoms with van der Waals surface area (Å²) in [5.74, 6) is -0.964. The molecule has 0 spiro atoms. The van der Waals surface area contributed by atoms with Crippen molar-refractivity contribution in [3.63, 3.8) is 0 Å². The maximum atomic E-state index is 10.9. The maximum Gasteiger partial charge on any atom is 0.337 e. The fourth-order valence-electron chi connectivity index (χ4n) is 1.46. The van der Waals surface area contributed by atoms with Crippen LogP contribution in [-0.4, -0.2) is 16.1 Å². The Bertz CT molecular complexity index is 601. The molecule has 0 amide bonds. The minimum absolute atomic E-state index is 0.221. The highest BCUT2D eigenvalue weighted by atomic mass is 35.5.